The minimum absolute atomic E-state index is 0.0122. The van der Waals surface area contributed by atoms with Gasteiger partial charge in [-0.1, -0.05) is 23.7 Å². The lowest BCUT2D eigenvalue weighted by Gasteiger charge is -2.42. The van der Waals surface area contributed by atoms with E-state index in [0.29, 0.717) is 27.8 Å². The van der Waals surface area contributed by atoms with Crippen LogP contribution in [0.15, 0.2) is 42.5 Å². The van der Waals surface area contributed by atoms with Gasteiger partial charge in [0.15, 0.2) is 0 Å². The molecular formula is C19H20ClN3O3. The van der Waals surface area contributed by atoms with Crippen LogP contribution >= 0.6 is 11.6 Å². The summed E-state index contributed by atoms with van der Waals surface area (Å²) < 4.78 is 5.28. The molecule has 1 heterocycles. The highest BCUT2D eigenvalue weighted by Crippen LogP contribution is 2.37. The standard InChI is InChI=1S/C19H20ClN3O3/c1-19(2)18(25)22-13-6-4-5-7-15(13)23(19)17(24)11-21-14-10-12(20)8-9-16(14)26-3/h4-10,21H,11H2,1-3H3,(H,22,25). The van der Waals surface area contributed by atoms with Gasteiger partial charge in [0.1, 0.15) is 11.3 Å². The first-order chi connectivity index (χ1) is 12.3. The number of hydrogen-bond donors (Lipinski definition) is 2. The maximum atomic E-state index is 13.0. The first kappa shape index (κ1) is 18.1. The summed E-state index contributed by atoms with van der Waals surface area (Å²) in [4.78, 5) is 27.0. The van der Waals surface area contributed by atoms with E-state index in [2.05, 4.69) is 10.6 Å². The monoisotopic (exact) mass is 373 g/mol. The van der Waals surface area contributed by atoms with Crippen LogP contribution in [0.2, 0.25) is 5.02 Å². The summed E-state index contributed by atoms with van der Waals surface area (Å²) in [5.74, 6) is 0.113. The van der Waals surface area contributed by atoms with Crippen LogP contribution < -0.4 is 20.3 Å². The third-order valence-electron chi connectivity index (χ3n) is 4.35. The molecule has 2 aromatic carbocycles. The van der Waals surface area contributed by atoms with Crippen molar-refractivity contribution in [3.8, 4) is 5.75 Å². The van der Waals surface area contributed by atoms with Gasteiger partial charge in [0.05, 0.1) is 30.7 Å². The average molecular weight is 374 g/mol. The third kappa shape index (κ3) is 3.20. The van der Waals surface area contributed by atoms with Crippen LogP contribution in [-0.4, -0.2) is 31.0 Å². The fraction of sp³-hybridized carbons (Fsp3) is 0.263. The first-order valence-electron chi connectivity index (χ1n) is 8.15. The van der Waals surface area contributed by atoms with Crippen molar-refractivity contribution in [2.45, 2.75) is 19.4 Å². The quantitative estimate of drug-likeness (QED) is 0.860. The molecule has 0 fully saturated rings. The number of fused-ring (bicyclic) bond motifs is 1. The van der Waals surface area contributed by atoms with E-state index in [9.17, 15) is 9.59 Å². The molecule has 26 heavy (non-hydrogen) atoms. The fourth-order valence-electron chi connectivity index (χ4n) is 2.97. The number of nitrogens with zero attached hydrogens (tertiary/aromatic N) is 1. The number of halogens is 1. The number of ether oxygens (including phenoxy) is 1. The number of para-hydroxylation sites is 2. The van der Waals surface area contributed by atoms with Crippen molar-refractivity contribution in [1.29, 1.82) is 0 Å². The second-order valence-electron chi connectivity index (χ2n) is 6.46. The van der Waals surface area contributed by atoms with Crippen molar-refractivity contribution in [1.82, 2.24) is 0 Å². The lowest BCUT2D eigenvalue weighted by atomic mass is 9.96. The number of rotatable bonds is 4. The van der Waals surface area contributed by atoms with Crippen molar-refractivity contribution in [3.63, 3.8) is 0 Å². The van der Waals surface area contributed by atoms with E-state index in [1.54, 1.807) is 45.2 Å². The number of anilines is 3. The maximum absolute atomic E-state index is 13.0. The molecule has 0 saturated heterocycles. The zero-order valence-electron chi connectivity index (χ0n) is 14.8. The molecule has 6 nitrogen and oxygen atoms in total. The second kappa shape index (κ2) is 6.88. The number of benzene rings is 2. The van der Waals surface area contributed by atoms with Crippen LogP contribution in [0.4, 0.5) is 17.1 Å². The van der Waals surface area contributed by atoms with Crippen LogP contribution in [0.5, 0.6) is 5.75 Å². The van der Waals surface area contributed by atoms with Crippen molar-refractivity contribution in [2.24, 2.45) is 0 Å². The zero-order chi connectivity index (χ0) is 18.9. The second-order valence-corrected chi connectivity index (χ2v) is 6.89. The summed E-state index contributed by atoms with van der Waals surface area (Å²) in [6, 6.07) is 12.4. The summed E-state index contributed by atoms with van der Waals surface area (Å²) in [5.41, 5.74) is 0.888. The Bertz CT molecular complexity index is 867. The number of methoxy groups -OCH3 is 1. The Morgan fingerprint density at radius 3 is 2.73 bits per heavy atom. The molecule has 0 atom stereocenters. The molecule has 2 aromatic rings. The van der Waals surface area contributed by atoms with E-state index in [0.717, 1.165) is 0 Å². The average Bonchev–Trinajstić information content (AvgIpc) is 2.60. The van der Waals surface area contributed by atoms with Crippen LogP contribution in [0, 0.1) is 0 Å². The van der Waals surface area contributed by atoms with Gasteiger partial charge in [-0.15, -0.1) is 0 Å². The van der Waals surface area contributed by atoms with Crippen molar-refractivity contribution in [2.75, 3.05) is 29.2 Å². The van der Waals surface area contributed by atoms with E-state index >= 15 is 0 Å². The van der Waals surface area contributed by atoms with Gasteiger partial charge in [0.25, 0.3) is 0 Å². The number of carbonyl (C=O) groups excluding carboxylic acids is 2. The summed E-state index contributed by atoms with van der Waals surface area (Å²) in [6.45, 7) is 3.42. The number of amides is 2. The summed E-state index contributed by atoms with van der Waals surface area (Å²) in [7, 11) is 1.55. The molecule has 0 saturated carbocycles. The van der Waals surface area contributed by atoms with Gasteiger partial charge in [-0.25, -0.2) is 0 Å². The molecule has 0 aromatic heterocycles. The van der Waals surface area contributed by atoms with Gasteiger partial charge in [-0.05, 0) is 44.2 Å². The smallest absolute Gasteiger partial charge is 0.250 e. The predicted molar refractivity (Wildman–Crippen MR) is 103 cm³/mol. The van der Waals surface area contributed by atoms with Gasteiger partial charge in [-0.2, -0.15) is 0 Å². The van der Waals surface area contributed by atoms with E-state index in [-0.39, 0.29) is 18.4 Å². The molecule has 3 rings (SSSR count). The van der Waals surface area contributed by atoms with Gasteiger partial charge in [0.2, 0.25) is 11.8 Å². The van der Waals surface area contributed by atoms with Crippen molar-refractivity contribution in [3.05, 3.63) is 47.5 Å². The molecule has 0 spiro atoms. The van der Waals surface area contributed by atoms with Crippen LogP contribution in [0.25, 0.3) is 0 Å². The zero-order valence-corrected chi connectivity index (χ0v) is 15.6. The topological polar surface area (TPSA) is 70.7 Å². The summed E-state index contributed by atoms with van der Waals surface area (Å²) >= 11 is 6.03. The normalized spacial score (nSPS) is 15.1. The van der Waals surface area contributed by atoms with Gasteiger partial charge in [0, 0.05) is 5.02 Å². The molecule has 0 unspecified atom stereocenters. The van der Waals surface area contributed by atoms with E-state index in [1.807, 2.05) is 18.2 Å². The fourth-order valence-corrected chi connectivity index (χ4v) is 3.14. The van der Waals surface area contributed by atoms with E-state index < -0.39 is 5.54 Å². The third-order valence-corrected chi connectivity index (χ3v) is 4.58. The van der Waals surface area contributed by atoms with Crippen molar-refractivity contribution < 1.29 is 14.3 Å². The largest absolute Gasteiger partial charge is 0.495 e. The molecule has 7 heteroatoms. The predicted octanol–water partition coefficient (Wildman–Crippen LogP) is 3.52. The molecule has 0 radical (unpaired) electrons. The highest BCUT2D eigenvalue weighted by Gasteiger charge is 2.43. The van der Waals surface area contributed by atoms with Crippen LogP contribution in [0.3, 0.4) is 0 Å². The molecule has 0 bridgehead atoms. The number of carbonyl (C=O) groups is 2. The Balaban J connectivity index is 1.87. The Kier molecular flexibility index (Phi) is 4.78. The molecule has 1 aliphatic heterocycles. The Labute approximate surface area is 157 Å². The number of nitrogens with one attached hydrogen (secondary N) is 2. The lowest BCUT2D eigenvalue weighted by molar-refractivity contribution is -0.125. The Morgan fingerprint density at radius 1 is 1.27 bits per heavy atom. The number of hydrogen-bond acceptors (Lipinski definition) is 4. The molecule has 0 aliphatic carbocycles. The van der Waals surface area contributed by atoms with Crippen molar-refractivity contribution >= 4 is 40.5 Å². The van der Waals surface area contributed by atoms with Crippen LogP contribution in [-0.2, 0) is 9.59 Å². The first-order valence-corrected chi connectivity index (χ1v) is 8.53. The van der Waals surface area contributed by atoms with E-state index in [1.165, 1.54) is 4.90 Å². The van der Waals surface area contributed by atoms with Gasteiger partial charge >= 0.3 is 0 Å². The minimum Gasteiger partial charge on any atom is -0.495 e. The minimum atomic E-state index is -1.01. The Hall–Kier alpha value is -2.73. The Morgan fingerprint density at radius 2 is 2.00 bits per heavy atom. The lowest BCUT2D eigenvalue weighted by Crippen LogP contribution is -2.59. The molecule has 2 N–H and O–H groups in total. The molecule has 136 valence electrons. The molecule has 1 aliphatic rings. The summed E-state index contributed by atoms with van der Waals surface area (Å²) in [6.07, 6.45) is 0. The SMILES string of the molecule is COc1ccc(Cl)cc1NCC(=O)N1c2ccccc2NC(=O)C1(C)C. The van der Waals surface area contributed by atoms with Gasteiger partial charge < -0.3 is 15.4 Å². The van der Waals surface area contributed by atoms with Crippen LogP contribution in [0.1, 0.15) is 13.8 Å². The maximum Gasteiger partial charge on any atom is 0.250 e. The highest BCUT2D eigenvalue weighted by atomic mass is 35.5. The molecule has 2 amide bonds. The summed E-state index contributed by atoms with van der Waals surface area (Å²) in [5, 5.41) is 6.43. The van der Waals surface area contributed by atoms with E-state index in [4.69, 9.17) is 16.3 Å². The molecular weight excluding hydrogens is 354 g/mol. The van der Waals surface area contributed by atoms with Gasteiger partial charge in [-0.3, -0.25) is 14.5 Å². The highest BCUT2D eigenvalue weighted by molar-refractivity contribution is 6.31.